The Morgan fingerprint density at radius 2 is 1.96 bits per heavy atom. The molecular weight excluding hydrogens is 354 g/mol. The molecular formula is C22H25N3OS. The Bertz CT molecular complexity index is 906. The number of carbonyl (C=O) groups is 1. The van der Waals surface area contributed by atoms with Gasteiger partial charge in [0.25, 0.3) is 0 Å². The summed E-state index contributed by atoms with van der Waals surface area (Å²) in [7, 11) is 0. The molecule has 3 aromatic rings. The number of benzene rings is 2. The van der Waals surface area contributed by atoms with Gasteiger partial charge in [-0.1, -0.05) is 42.5 Å². The second-order valence-corrected chi connectivity index (χ2v) is 8.72. The van der Waals surface area contributed by atoms with E-state index in [-0.39, 0.29) is 11.9 Å². The van der Waals surface area contributed by atoms with E-state index in [1.165, 1.54) is 0 Å². The molecule has 140 valence electrons. The van der Waals surface area contributed by atoms with E-state index in [4.69, 9.17) is 10.7 Å². The first kappa shape index (κ1) is 18.1. The van der Waals surface area contributed by atoms with Crippen molar-refractivity contribution >= 4 is 27.5 Å². The Kier molecular flexibility index (Phi) is 4.98. The van der Waals surface area contributed by atoms with Gasteiger partial charge in [0, 0.05) is 25.6 Å². The van der Waals surface area contributed by atoms with E-state index in [1.807, 2.05) is 41.3 Å². The van der Waals surface area contributed by atoms with Crippen molar-refractivity contribution in [3.63, 3.8) is 0 Å². The summed E-state index contributed by atoms with van der Waals surface area (Å²) in [6.07, 6.45) is 2.56. The Labute approximate surface area is 164 Å². The third-order valence-corrected chi connectivity index (χ3v) is 6.51. The molecule has 1 amide bonds. The van der Waals surface area contributed by atoms with Crippen LogP contribution in [0.5, 0.6) is 0 Å². The SMILES string of the molecule is CC(Cc1nc2ccccc2s1)(C(=O)N1CCCC(N)C1)c1ccccc1. The van der Waals surface area contributed by atoms with E-state index >= 15 is 0 Å². The fourth-order valence-electron chi connectivity index (χ4n) is 3.95. The zero-order chi connectivity index (χ0) is 18.9. The number of hydrogen-bond donors (Lipinski definition) is 1. The van der Waals surface area contributed by atoms with E-state index in [2.05, 4.69) is 25.1 Å². The predicted molar refractivity (Wildman–Crippen MR) is 111 cm³/mol. The Morgan fingerprint density at radius 3 is 2.70 bits per heavy atom. The molecule has 27 heavy (non-hydrogen) atoms. The molecule has 2 atom stereocenters. The second-order valence-electron chi connectivity index (χ2n) is 7.60. The number of likely N-dealkylation sites (tertiary alicyclic amines) is 1. The maximum atomic E-state index is 13.6. The highest BCUT2D eigenvalue weighted by Gasteiger charge is 2.40. The van der Waals surface area contributed by atoms with Gasteiger partial charge in [-0.15, -0.1) is 11.3 Å². The van der Waals surface area contributed by atoms with Crippen LogP contribution in [0, 0.1) is 0 Å². The van der Waals surface area contributed by atoms with Crippen molar-refractivity contribution in [1.29, 1.82) is 0 Å². The third kappa shape index (κ3) is 3.62. The van der Waals surface area contributed by atoms with Crippen LogP contribution in [0.4, 0.5) is 0 Å². The molecule has 1 aromatic heterocycles. The van der Waals surface area contributed by atoms with Crippen molar-refractivity contribution in [1.82, 2.24) is 9.88 Å². The van der Waals surface area contributed by atoms with Crippen LogP contribution in [0.1, 0.15) is 30.3 Å². The van der Waals surface area contributed by atoms with Gasteiger partial charge in [-0.3, -0.25) is 4.79 Å². The molecule has 0 saturated carbocycles. The average Bonchev–Trinajstić information content (AvgIpc) is 3.10. The topological polar surface area (TPSA) is 59.2 Å². The number of para-hydroxylation sites is 1. The van der Waals surface area contributed by atoms with Crippen LogP contribution < -0.4 is 5.73 Å². The van der Waals surface area contributed by atoms with E-state index in [0.29, 0.717) is 13.0 Å². The van der Waals surface area contributed by atoms with Crippen LogP contribution in [-0.2, 0) is 16.6 Å². The van der Waals surface area contributed by atoms with Crippen molar-refractivity contribution < 1.29 is 4.79 Å². The summed E-state index contributed by atoms with van der Waals surface area (Å²) in [5.74, 6) is 0.156. The number of rotatable bonds is 4. The summed E-state index contributed by atoms with van der Waals surface area (Å²) in [5, 5.41) is 0.997. The first-order chi connectivity index (χ1) is 13.1. The van der Waals surface area contributed by atoms with E-state index in [9.17, 15) is 4.79 Å². The van der Waals surface area contributed by atoms with Gasteiger partial charge in [-0.25, -0.2) is 4.98 Å². The standard InChI is InChI=1S/C22H25N3OS/c1-22(16-8-3-2-4-9-16,21(26)25-13-7-10-17(23)15-25)14-20-24-18-11-5-6-12-19(18)27-20/h2-6,8-9,11-12,17H,7,10,13-15,23H2,1H3. The van der Waals surface area contributed by atoms with Crippen LogP contribution in [0.3, 0.4) is 0 Å². The summed E-state index contributed by atoms with van der Waals surface area (Å²) in [4.78, 5) is 20.4. The Hall–Kier alpha value is -2.24. The summed E-state index contributed by atoms with van der Waals surface area (Å²) < 4.78 is 1.16. The number of carbonyl (C=O) groups excluding carboxylic acids is 1. The minimum atomic E-state index is -0.647. The zero-order valence-corrected chi connectivity index (χ0v) is 16.4. The number of amides is 1. The minimum absolute atomic E-state index is 0.0742. The van der Waals surface area contributed by atoms with E-state index in [0.717, 1.165) is 40.2 Å². The van der Waals surface area contributed by atoms with Gasteiger partial charge in [0.1, 0.15) is 0 Å². The third-order valence-electron chi connectivity index (χ3n) is 5.47. The number of nitrogens with zero attached hydrogens (tertiary/aromatic N) is 2. The maximum Gasteiger partial charge on any atom is 0.233 e. The summed E-state index contributed by atoms with van der Waals surface area (Å²) in [6, 6.07) is 18.3. The van der Waals surface area contributed by atoms with Crippen molar-refractivity contribution in [2.24, 2.45) is 5.73 Å². The predicted octanol–water partition coefficient (Wildman–Crippen LogP) is 3.75. The number of aromatic nitrogens is 1. The van der Waals surface area contributed by atoms with Crippen molar-refractivity contribution in [3.05, 3.63) is 65.2 Å². The van der Waals surface area contributed by atoms with Crippen LogP contribution in [0.15, 0.2) is 54.6 Å². The lowest BCUT2D eigenvalue weighted by molar-refractivity contribution is -0.138. The molecule has 0 bridgehead atoms. The van der Waals surface area contributed by atoms with Gasteiger partial charge >= 0.3 is 0 Å². The van der Waals surface area contributed by atoms with Gasteiger partial charge in [0.05, 0.1) is 20.6 Å². The summed E-state index contributed by atoms with van der Waals surface area (Å²) >= 11 is 1.68. The highest BCUT2D eigenvalue weighted by atomic mass is 32.1. The monoisotopic (exact) mass is 379 g/mol. The molecule has 4 nitrogen and oxygen atoms in total. The molecule has 5 heteroatoms. The highest BCUT2D eigenvalue weighted by Crippen LogP contribution is 2.34. The van der Waals surface area contributed by atoms with E-state index < -0.39 is 5.41 Å². The minimum Gasteiger partial charge on any atom is -0.340 e. The molecule has 1 fully saturated rings. The molecule has 1 saturated heterocycles. The molecule has 1 aliphatic heterocycles. The molecule has 1 aliphatic rings. The van der Waals surface area contributed by atoms with Gasteiger partial charge in [-0.2, -0.15) is 0 Å². The molecule has 0 spiro atoms. The Morgan fingerprint density at radius 1 is 1.22 bits per heavy atom. The van der Waals surface area contributed by atoms with E-state index in [1.54, 1.807) is 11.3 Å². The Balaban J connectivity index is 1.70. The largest absolute Gasteiger partial charge is 0.340 e. The lowest BCUT2D eigenvalue weighted by Crippen LogP contribution is -2.52. The van der Waals surface area contributed by atoms with Crippen molar-refractivity contribution in [2.75, 3.05) is 13.1 Å². The van der Waals surface area contributed by atoms with Crippen LogP contribution in [-0.4, -0.2) is 34.9 Å². The van der Waals surface area contributed by atoms with Crippen LogP contribution in [0.25, 0.3) is 10.2 Å². The number of thiazole rings is 1. The second kappa shape index (κ2) is 7.41. The maximum absolute atomic E-state index is 13.6. The number of hydrogen-bond acceptors (Lipinski definition) is 4. The lowest BCUT2D eigenvalue weighted by Gasteiger charge is -2.38. The molecule has 2 aromatic carbocycles. The van der Waals surface area contributed by atoms with Gasteiger partial charge in [-0.05, 0) is 37.5 Å². The molecule has 2 unspecified atom stereocenters. The van der Waals surface area contributed by atoms with Crippen molar-refractivity contribution in [2.45, 2.75) is 37.6 Å². The molecule has 2 N–H and O–H groups in total. The first-order valence-electron chi connectivity index (χ1n) is 9.51. The van der Waals surface area contributed by atoms with Crippen LogP contribution in [0.2, 0.25) is 0 Å². The number of piperidine rings is 1. The fourth-order valence-corrected chi connectivity index (χ4v) is 5.07. The number of nitrogens with two attached hydrogens (primary N) is 1. The average molecular weight is 380 g/mol. The molecule has 0 aliphatic carbocycles. The van der Waals surface area contributed by atoms with Gasteiger partial charge < -0.3 is 10.6 Å². The smallest absolute Gasteiger partial charge is 0.233 e. The quantitative estimate of drug-likeness (QED) is 0.751. The van der Waals surface area contributed by atoms with Gasteiger partial charge in [0.15, 0.2) is 0 Å². The van der Waals surface area contributed by atoms with Gasteiger partial charge in [0.2, 0.25) is 5.91 Å². The zero-order valence-electron chi connectivity index (χ0n) is 15.6. The first-order valence-corrected chi connectivity index (χ1v) is 10.3. The van der Waals surface area contributed by atoms with Crippen LogP contribution >= 0.6 is 11.3 Å². The fraction of sp³-hybridized carbons (Fsp3) is 0.364. The molecule has 4 rings (SSSR count). The highest BCUT2D eigenvalue weighted by molar-refractivity contribution is 7.18. The lowest BCUT2D eigenvalue weighted by atomic mass is 9.78. The summed E-state index contributed by atoms with van der Waals surface area (Å²) in [5.41, 5.74) is 7.53. The molecule has 0 radical (unpaired) electrons. The number of fused-ring (bicyclic) bond motifs is 1. The van der Waals surface area contributed by atoms with Crippen molar-refractivity contribution in [3.8, 4) is 0 Å². The normalized spacial score (nSPS) is 19.8. The molecule has 2 heterocycles. The summed E-state index contributed by atoms with van der Waals surface area (Å²) in [6.45, 7) is 3.48.